The average molecular weight is 283 g/mol. The second-order valence-corrected chi connectivity index (χ2v) is 6.30. The topological polar surface area (TPSA) is 101 Å². The monoisotopic (exact) mass is 283 g/mol. The van der Waals surface area contributed by atoms with Crippen LogP contribution in [0.4, 0.5) is 5.69 Å². The number of carbonyl (C=O) groups is 1. The van der Waals surface area contributed by atoms with Gasteiger partial charge in [-0.3, -0.25) is 4.79 Å². The zero-order valence-electron chi connectivity index (χ0n) is 10.4. The van der Waals surface area contributed by atoms with Crippen molar-refractivity contribution in [2.75, 3.05) is 18.8 Å². The van der Waals surface area contributed by atoms with Crippen LogP contribution in [-0.2, 0) is 14.8 Å². The molecule has 1 amide bonds. The molecule has 19 heavy (non-hydrogen) atoms. The molecule has 0 bridgehead atoms. The molecular formula is C12H17N3O3S. The molecule has 1 saturated carbocycles. The van der Waals surface area contributed by atoms with Gasteiger partial charge in [0.05, 0.1) is 4.90 Å². The first-order valence-electron chi connectivity index (χ1n) is 6.12. The van der Waals surface area contributed by atoms with Gasteiger partial charge in [-0.2, -0.15) is 0 Å². The Bertz CT molecular complexity index is 550. The first-order chi connectivity index (χ1) is 8.99. The fourth-order valence-corrected chi connectivity index (χ4v) is 2.62. The molecule has 6 nitrogen and oxygen atoms in total. The number of nitrogens with one attached hydrogen (secondary N) is 2. The van der Waals surface area contributed by atoms with E-state index in [0.717, 1.165) is 12.8 Å². The number of rotatable bonds is 6. The van der Waals surface area contributed by atoms with Crippen molar-refractivity contribution in [3.8, 4) is 0 Å². The van der Waals surface area contributed by atoms with Gasteiger partial charge in [0, 0.05) is 24.7 Å². The van der Waals surface area contributed by atoms with Crippen LogP contribution in [0.25, 0.3) is 0 Å². The predicted octanol–water partition coefficient (Wildman–Crippen LogP) is 0.0733. The molecule has 7 heteroatoms. The third kappa shape index (κ3) is 3.93. The molecule has 0 radical (unpaired) electrons. The van der Waals surface area contributed by atoms with E-state index in [-0.39, 0.29) is 23.3 Å². The Hall–Kier alpha value is -1.60. The zero-order valence-corrected chi connectivity index (χ0v) is 11.2. The number of carbonyl (C=O) groups excluding carboxylic acids is 1. The minimum atomic E-state index is -3.54. The molecule has 0 saturated heterocycles. The summed E-state index contributed by atoms with van der Waals surface area (Å²) in [7, 11) is -3.54. The van der Waals surface area contributed by atoms with E-state index in [4.69, 9.17) is 5.73 Å². The molecule has 0 aromatic heterocycles. The number of anilines is 1. The van der Waals surface area contributed by atoms with Crippen LogP contribution in [0.3, 0.4) is 0 Å². The van der Waals surface area contributed by atoms with E-state index >= 15 is 0 Å². The van der Waals surface area contributed by atoms with E-state index in [9.17, 15) is 13.2 Å². The Balaban J connectivity index is 1.80. The molecule has 0 atom stereocenters. The number of nitrogen functional groups attached to an aromatic ring is 1. The second-order valence-electron chi connectivity index (χ2n) is 4.53. The molecule has 0 heterocycles. The van der Waals surface area contributed by atoms with Gasteiger partial charge in [0.25, 0.3) is 0 Å². The van der Waals surface area contributed by atoms with E-state index in [1.54, 1.807) is 0 Å². The molecule has 2 rings (SSSR count). The maximum absolute atomic E-state index is 11.9. The lowest BCUT2D eigenvalue weighted by molar-refractivity contribution is -0.122. The molecule has 0 aliphatic heterocycles. The lowest BCUT2D eigenvalue weighted by Crippen LogP contribution is -2.35. The molecule has 4 N–H and O–H groups in total. The number of nitrogens with two attached hydrogens (primary N) is 1. The van der Waals surface area contributed by atoms with Gasteiger partial charge >= 0.3 is 0 Å². The van der Waals surface area contributed by atoms with Crippen LogP contribution in [0.2, 0.25) is 0 Å². The summed E-state index contributed by atoms with van der Waals surface area (Å²) in [6.45, 7) is 0.467. The normalized spacial score (nSPS) is 15.2. The van der Waals surface area contributed by atoms with Crippen molar-refractivity contribution in [2.45, 2.75) is 17.7 Å². The molecule has 0 unspecified atom stereocenters. The number of benzene rings is 1. The van der Waals surface area contributed by atoms with Crippen LogP contribution in [0, 0.1) is 5.92 Å². The smallest absolute Gasteiger partial charge is 0.240 e. The fourth-order valence-electron chi connectivity index (χ4n) is 1.59. The minimum Gasteiger partial charge on any atom is -0.399 e. The molecule has 0 spiro atoms. The van der Waals surface area contributed by atoms with Gasteiger partial charge in [-0.15, -0.1) is 0 Å². The molecule has 1 aromatic rings. The highest BCUT2D eigenvalue weighted by Gasteiger charge is 2.29. The highest BCUT2D eigenvalue weighted by Crippen LogP contribution is 2.28. The van der Waals surface area contributed by atoms with E-state index in [0.29, 0.717) is 12.2 Å². The van der Waals surface area contributed by atoms with Crippen molar-refractivity contribution in [3.63, 3.8) is 0 Å². The first-order valence-corrected chi connectivity index (χ1v) is 7.60. The lowest BCUT2D eigenvalue weighted by atomic mass is 10.3. The zero-order chi connectivity index (χ0) is 13.9. The molecule has 1 fully saturated rings. The molecule has 1 aliphatic rings. The number of amides is 1. The standard InChI is InChI=1S/C12H17N3O3S/c13-10-3-5-11(6-4-10)19(17,18)15-8-7-14-12(16)9-1-2-9/h3-6,9,15H,1-2,7-8,13H2,(H,14,16). The summed E-state index contributed by atoms with van der Waals surface area (Å²) in [6.07, 6.45) is 1.87. The third-order valence-corrected chi connectivity index (χ3v) is 4.33. The van der Waals surface area contributed by atoms with Crippen molar-refractivity contribution >= 4 is 21.6 Å². The number of sulfonamides is 1. The summed E-state index contributed by atoms with van der Waals surface area (Å²) in [4.78, 5) is 11.5. The van der Waals surface area contributed by atoms with Crippen LogP contribution in [-0.4, -0.2) is 27.4 Å². The molecule has 1 aliphatic carbocycles. The van der Waals surface area contributed by atoms with Crippen LogP contribution in [0.5, 0.6) is 0 Å². The summed E-state index contributed by atoms with van der Waals surface area (Å²) in [5, 5.41) is 2.69. The van der Waals surface area contributed by atoms with Crippen LogP contribution < -0.4 is 15.8 Å². The van der Waals surface area contributed by atoms with Gasteiger partial charge in [0.1, 0.15) is 0 Å². The van der Waals surface area contributed by atoms with Crippen molar-refractivity contribution < 1.29 is 13.2 Å². The van der Waals surface area contributed by atoms with Crippen molar-refractivity contribution in [2.24, 2.45) is 5.92 Å². The molecule has 1 aromatic carbocycles. The SMILES string of the molecule is Nc1ccc(S(=O)(=O)NCCNC(=O)C2CC2)cc1. The van der Waals surface area contributed by atoms with Gasteiger partial charge < -0.3 is 11.1 Å². The van der Waals surface area contributed by atoms with Crippen molar-refractivity contribution in [1.82, 2.24) is 10.0 Å². The summed E-state index contributed by atoms with van der Waals surface area (Å²) in [5.41, 5.74) is 6.01. The van der Waals surface area contributed by atoms with E-state index in [1.807, 2.05) is 0 Å². The van der Waals surface area contributed by atoms with E-state index in [2.05, 4.69) is 10.0 Å². The quantitative estimate of drug-likeness (QED) is 0.508. The molecular weight excluding hydrogens is 266 g/mol. The van der Waals surface area contributed by atoms with Gasteiger partial charge in [-0.1, -0.05) is 0 Å². The number of hydrogen-bond acceptors (Lipinski definition) is 4. The minimum absolute atomic E-state index is 0.00619. The molecule has 104 valence electrons. The maximum Gasteiger partial charge on any atom is 0.240 e. The Morgan fingerprint density at radius 3 is 2.42 bits per heavy atom. The van der Waals surface area contributed by atoms with Crippen molar-refractivity contribution in [1.29, 1.82) is 0 Å². The Morgan fingerprint density at radius 1 is 1.21 bits per heavy atom. The van der Waals surface area contributed by atoms with Gasteiger partial charge in [0.2, 0.25) is 15.9 Å². The fraction of sp³-hybridized carbons (Fsp3) is 0.417. The van der Waals surface area contributed by atoms with Crippen LogP contribution in [0.1, 0.15) is 12.8 Å². The van der Waals surface area contributed by atoms with Gasteiger partial charge in [-0.05, 0) is 37.1 Å². The Labute approximate surface area is 112 Å². The highest BCUT2D eigenvalue weighted by molar-refractivity contribution is 7.89. The maximum atomic E-state index is 11.9. The largest absolute Gasteiger partial charge is 0.399 e. The summed E-state index contributed by atoms with van der Waals surface area (Å²) >= 11 is 0. The highest BCUT2D eigenvalue weighted by atomic mass is 32.2. The van der Waals surface area contributed by atoms with Crippen molar-refractivity contribution in [3.05, 3.63) is 24.3 Å². The van der Waals surface area contributed by atoms with Crippen LogP contribution >= 0.6 is 0 Å². The number of hydrogen-bond donors (Lipinski definition) is 3. The summed E-state index contributed by atoms with van der Waals surface area (Å²) in [5.74, 6) is 0.139. The van der Waals surface area contributed by atoms with E-state index in [1.165, 1.54) is 24.3 Å². The van der Waals surface area contributed by atoms with Gasteiger partial charge in [0.15, 0.2) is 0 Å². The van der Waals surface area contributed by atoms with Gasteiger partial charge in [-0.25, -0.2) is 13.1 Å². The predicted molar refractivity (Wildman–Crippen MR) is 71.8 cm³/mol. The Kier molecular flexibility index (Phi) is 4.06. The first kappa shape index (κ1) is 13.8. The average Bonchev–Trinajstić information content (AvgIpc) is 3.19. The second kappa shape index (κ2) is 5.58. The Morgan fingerprint density at radius 2 is 1.84 bits per heavy atom. The summed E-state index contributed by atoms with van der Waals surface area (Å²) < 4.78 is 26.2. The lowest BCUT2D eigenvalue weighted by Gasteiger charge is -2.08. The van der Waals surface area contributed by atoms with E-state index < -0.39 is 10.0 Å². The summed E-state index contributed by atoms with van der Waals surface area (Å²) in [6, 6.07) is 5.95. The van der Waals surface area contributed by atoms with Crippen LogP contribution in [0.15, 0.2) is 29.2 Å². The third-order valence-electron chi connectivity index (χ3n) is 2.85.